The smallest absolute Gasteiger partial charge is 0.140 e. The lowest BCUT2D eigenvalue weighted by atomic mass is 9.81. The van der Waals surface area contributed by atoms with Crippen LogP contribution in [0.5, 0.6) is 0 Å². The molecule has 0 bridgehead atoms. The molecule has 1 N–H and O–H groups in total. The van der Waals surface area contributed by atoms with Crippen molar-refractivity contribution in [1.82, 2.24) is 20.1 Å². The summed E-state index contributed by atoms with van der Waals surface area (Å²) < 4.78 is 1.95. The van der Waals surface area contributed by atoms with Crippen molar-refractivity contribution >= 4 is 0 Å². The molecule has 0 amide bonds. The first-order valence-corrected chi connectivity index (χ1v) is 7.37. The van der Waals surface area contributed by atoms with Crippen LogP contribution in [0.1, 0.15) is 51.8 Å². The van der Waals surface area contributed by atoms with E-state index in [1.165, 1.54) is 32.1 Å². The summed E-state index contributed by atoms with van der Waals surface area (Å²) in [5, 5.41) is 7.67. The van der Waals surface area contributed by atoms with Gasteiger partial charge in [-0.2, -0.15) is 5.10 Å². The topological polar surface area (TPSA) is 42.7 Å². The molecule has 0 atom stereocenters. The van der Waals surface area contributed by atoms with Gasteiger partial charge in [-0.15, -0.1) is 0 Å². The van der Waals surface area contributed by atoms with Crippen molar-refractivity contribution in [2.24, 2.45) is 11.8 Å². The fourth-order valence-electron chi connectivity index (χ4n) is 2.81. The lowest BCUT2D eigenvalue weighted by Crippen LogP contribution is -2.22. The molecule has 0 saturated heterocycles. The summed E-state index contributed by atoms with van der Waals surface area (Å²) in [6, 6.07) is 0. The molecule has 1 aliphatic carbocycles. The molecule has 1 aromatic rings. The van der Waals surface area contributed by atoms with E-state index in [2.05, 4.69) is 29.2 Å². The van der Waals surface area contributed by atoms with Crippen LogP contribution >= 0.6 is 0 Å². The summed E-state index contributed by atoms with van der Waals surface area (Å²) in [6.07, 6.45) is 8.65. The summed E-state index contributed by atoms with van der Waals surface area (Å²) in [6.45, 7) is 7.33. The Hall–Kier alpha value is -0.900. The summed E-state index contributed by atoms with van der Waals surface area (Å²) in [5.41, 5.74) is 0. The molecule has 1 aliphatic rings. The Morgan fingerprint density at radius 1 is 1.33 bits per heavy atom. The molecule has 1 fully saturated rings. The maximum absolute atomic E-state index is 4.27. The van der Waals surface area contributed by atoms with E-state index in [1.54, 1.807) is 6.33 Å². The Balaban J connectivity index is 1.61. The van der Waals surface area contributed by atoms with Crippen LogP contribution in [0, 0.1) is 11.8 Å². The SMILES string of the molecule is CCn1ncnc1CNCCC1CCC(C)CC1. The quantitative estimate of drug-likeness (QED) is 0.789. The van der Waals surface area contributed by atoms with Gasteiger partial charge < -0.3 is 5.32 Å². The van der Waals surface area contributed by atoms with E-state index in [-0.39, 0.29) is 0 Å². The minimum atomic E-state index is 0.844. The van der Waals surface area contributed by atoms with Gasteiger partial charge in [-0.1, -0.05) is 32.6 Å². The number of nitrogens with zero attached hydrogens (tertiary/aromatic N) is 3. The first kappa shape index (κ1) is 13.5. The number of hydrogen-bond acceptors (Lipinski definition) is 3. The zero-order valence-electron chi connectivity index (χ0n) is 11.7. The fourth-order valence-corrected chi connectivity index (χ4v) is 2.81. The molecule has 0 unspecified atom stereocenters. The maximum atomic E-state index is 4.27. The average Bonchev–Trinajstić information content (AvgIpc) is 2.84. The van der Waals surface area contributed by atoms with Crippen molar-refractivity contribution in [2.75, 3.05) is 6.54 Å². The minimum Gasteiger partial charge on any atom is -0.310 e. The zero-order valence-corrected chi connectivity index (χ0v) is 11.7. The van der Waals surface area contributed by atoms with Gasteiger partial charge >= 0.3 is 0 Å². The molecular formula is C14H26N4. The molecule has 1 heterocycles. The minimum absolute atomic E-state index is 0.844. The van der Waals surface area contributed by atoms with E-state index in [0.717, 1.165) is 37.3 Å². The number of aryl methyl sites for hydroxylation is 1. The molecule has 0 aromatic carbocycles. The van der Waals surface area contributed by atoms with E-state index >= 15 is 0 Å². The summed E-state index contributed by atoms with van der Waals surface area (Å²) in [4.78, 5) is 4.27. The molecule has 18 heavy (non-hydrogen) atoms. The first-order chi connectivity index (χ1) is 8.79. The highest BCUT2D eigenvalue weighted by atomic mass is 15.3. The zero-order chi connectivity index (χ0) is 12.8. The fraction of sp³-hybridized carbons (Fsp3) is 0.857. The Morgan fingerprint density at radius 3 is 2.83 bits per heavy atom. The standard InChI is InChI=1S/C14H26N4/c1-3-18-14(16-11-17-18)10-15-9-8-13-6-4-12(2)5-7-13/h11-13,15H,3-10H2,1-2H3. The van der Waals surface area contributed by atoms with Crippen molar-refractivity contribution in [3.05, 3.63) is 12.2 Å². The second kappa shape index (κ2) is 6.88. The van der Waals surface area contributed by atoms with Gasteiger partial charge in [0.1, 0.15) is 12.2 Å². The van der Waals surface area contributed by atoms with Crippen LogP contribution in [0.4, 0.5) is 0 Å². The normalized spacial score (nSPS) is 24.3. The second-order valence-corrected chi connectivity index (χ2v) is 5.58. The van der Waals surface area contributed by atoms with Gasteiger partial charge in [-0.3, -0.25) is 0 Å². The van der Waals surface area contributed by atoms with Gasteiger partial charge in [0.2, 0.25) is 0 Å². The van der Waals surface area contributed by atoms with Crippen molar-refractivity contribution in [3.63, 3.8) is 0 Å². The Morgan fingerprint density at radius 2 is 2.11 bits per heavy atom. The number of nitrogens with one attached hydrogen (secondary N) is 1. The lowest BCUT2D eigenvalue weighted by Gasteiger charge is -2.26. The van der Waals surface area contributed by atoms with Crippen LogP contribution in [-0.2, 0) is 13.1 Å². The van der Waals surface area contributed by atoms with E-state index in [1.807, 2.05) is 4.68 Å². The molecule has 4 nitrogen and oxygen atoms in total. The summed E-state index contributed by atoms with van der Waals surface area (Å²) in [7, 11) is 0. The highest BCUT2D eigenvalue weighted by Crippen LogP contribution is 2.29. The van der Waals surface area contributed by atoms with Crippen molar-refractivity contribution in [1.29, 1.82) is 0 Å². The van der Waals surface area contributed by atoms with E-state index in [9.17, 15) is 0 Å². The summed E-state index contributed by atoms with van der Waals surface area (Å²) >= 11 is 0. The molecule has 102 valence electrons. The monoisotopic (exact) mass is 250 g/mol. The predicted octanol–water partition coefficient (Wildman–Crippen LogP) is 2.60. The van der Waals surface area contributed by atoms with Crippen molar-refractivity contribution < 1.29 is 0 Å². The first-order valence-electron chi connectivity index (χ1n) is 7.37. The van der Waals surface area contributed by atoms with E-state index < -0.39 is 0 Å². The molecule has 1 saturated carbocycles. The van der Waals surface area contributed by atoms with Crippen molar-refractivity contribution in [2.45, 2.75) is 59.0 Å². The Kier molecular flexibility index (Phi) is 5.17. The van der Waals surface area contributed by atoms with Crippen molar-refractivity contribution in [3.8, 4) is 0 Å². The molecule has 1 aromatic heterocycles. The van der Waals surface area contributed by atoms with Gasteiger partial charge in [0.25, 0.3) is 0 Å². The van der Waals surface area contributed by atoms with Crippen LogP contribution < -0.4 is 5.32 Å². The van der Waals surface area contributed by atoms with Crippen LogP contribution in [-0.4, -0.2) is 21.3 Å². The molecular weight excluding hydrogens is 224 g/mol. The van der Waals surface area contributed by atoms with Gasteiger partial charge in [-0.05, 0) is 31.7 Å². The maximum Gasteiger partial charge on any atom is 0.140 e. The second-order valence-electron chi connectivity index (χ2n) is 5.58. The number of rotatable bonds is 6. The van der Waals surface area contributed by atoms with Gasteiger partial charge in [0.05, 0.1) is 6.54 Å². The van der Waals surface area contributed by atoms with Gasteiger partial charge in [0, 0.05) is 6.54 Å². The molecule has 2 rings (SSSR count). The Labute approximate surface area is 110 Å². The molecule has 0 radical (unpaired) electrons. The van der Waals surface area contributed by atoms with Crippen LogP contribution in [0.15, 0.2) is 6.33 Å². The Bertz CT molecular complexity index is 339. The largest absolute Gasteiger partial charge is 0.310 e. The third-order valence-corrected chi connectivity index (χ3v) is 4.14. The summed E-state index contributed by atoms with van der Waals surface area (Å²) in [5.74, 6) is 2.95. The lowest BCUT2D eigenvalue weighted by molar-refractivity contribution is 0.275. The average molecular weight is 250 g/mol. The third kappa shape index (κ3) is 3.80. The number of aromatic nitrogens is 3. The molecule has 0 aliphatic heterocycles. The highest BCUT2D eigenvalue weighted by Gasteiger charge is 2.17. The van der Waals surface area contributed by atoms with Gasteiger partial charge in [0.15, 0.2) is 0 Å². The van der Waals surface area contributed by atoms with Crippen LogP contribution in [0.2, 0.25) is 0 Å². The number of hydrogen-bond donors (Lipinski definition) is 1. The van der Waals surface area contributed by atoms with Crippen LogP contribution in [0.3, 0.4) is 0 Å². The van der Waals surface area contributed by atoms with Gasteiger partial charge in [-0.25, -0.2) is 9.67 Å². The highest BCUT2D eigenvalue weighted by molar-refractivity contribution is 4.83. The molecule has 0 spiro atoms. The third-order valence-electron chi connectivity index (χ3n) is 4.14. The van der Waals surface area contributed by atoms with E-state index in [0.29, 0.717) is 0 Å². The predicted molar refractivity (Wildman–Crippen MR) is 73.1 cm³/mol. The van der Waals surface area contributed by atoms with E-state index in [4.69, 9.17) is 0 Å². The molecule has 4 heteroatoms. The van der Waals surface area contributed by atoms with Crippen LogP contribution in [0.25, 0.3) is 0 Å².